The van der Waals surface area contributed by atoms with E-state index in [9.17, 15) is 10.1 Å². The third-order valence-electron chi connectivity index (χ3n) is 4.08. The minimum absolute atomic E-state index is 0.108. The number of rotatable bonds is 7. The van der Waals surface area contributed by atoms with Crippen LogP contribution in [-0.2, 0) is 0 Å². The zero-order chi connectivity index (χ0) is 20.1. The fourth-order valence-electron chi connectivity index (χ4n) is 2.67. The first-order chi connectivity index (χ1) is 13.5. The lowest BCUT2D eigenvalue weighted by Crippen LogP contribution is -2.06. The molecule has 0 bridgehead atoms. The highest BCUT2D eigenvalue weighted by atomic mass is 16.6. The maximum absolute atomic E-state index is 11.7. The van der Waals surface area contributed by atoms with Gasteiger partial charge in [-0.2, -0.15) is 0 Å². The summed E-state index contributed by atoms with van der Waals surface area (Å²) in [5.41, 5.74) is 3.19. The van der Waals surface area contributed by atoms with Crippen LogP contribution in [0.3, 0.4) is 0 Å². The maximum Gasteiger partial charge on any atom is 0.353 e. The molecule has 0 atom stereocenters. The number of aryl methyl sites for hydroxylation is 2. The van der Waals surface area contributed by atoms with E-state index in [-0.39, 0.29) is 17.3 Å². The average Bonchev–Trinajstić information content (AvgIpc) is 2.66. The number of benzene rings is 2. The van der Waals surface area contributed by atoms with E-state index in [2.05, 4.69) is 20.6 Å². The lowest BCUT2D eigenvalue weighted by Gasteiger charge is -2.12. The molecule has 0 amide bonds. The predicted molar refractivity (Wildman–Crippen MR) is 109 cm³/mol. The van der Waals surface area contributed by atoms with Crippen LogP contribution in [0.2, 0.25) is 0 Å². The lowest BCUT2D eigenvalue weighted by atomic mass is 10.1. The Hall–Kier alpha value is -3.68. The molecule has 1 heterocycles. The van der Waals surface area contributed by atoms with Gasteiger partial charge in [-0.15, -0.1) is 0 Å². The van der Waals surface area contributed by atoms with Gasteiger partial charge in [0.05, 0.1) is 11.5 Å². The van der Waals surface area contributed by atoms with Crippen molar-refractivity contribution >= 4 is 28.7 Å². The van der Waals surface area contributed by atoms with Gasteiger partial charge in [-0.3, -0.25) is 10.1 Å². The van der Waals surface area contributed by atoms with Crippen LogP contribution < -0.4 is 15.4 Å². The molecule has 0 unspecified atom stereocenters. The van der Waals surface area contributed by atoms with Crippen LogP contribution in [0.15, 0.2) is 48.8 Å². The standard InChI is InChI=1S/C20H21N5O3/c1-4-28-16-9-7-15(8-10-16)23-19-18(25(26)27)20(22-12-21-19)24-17-11-13(2)5-6-14(17)3/h5-12H,4H2,1-3H3,(H2,21,22,23,24). The number of aromatic nitrogens is 2. The van der Waals surface area contributed by atoms with Crippen LogP contribution in [0.5, 0.6) is 5.75 Å². The highest BCUT2D eigenvalue weighted by Gasteiger charge is 2.23. The number of nitrogens with zero attached hydrogens (tertiary/aromatic N) is 3. The molecular weight excluding hydrogens is 358 g/mol. The number of ether oxygens (including phenoxy) is 1. The first-order valence-electron chi connectivity index (χ1n) is 8.81. The van der Waals surface area contributed by atoms with E-state index >= 15 is 0 Å². The lowest BCUT2D eigenvalue weighted by molar-refractivity contribution is -0.383. The van der Waals surface area contributed by atoms with Gasteiger partial charge in [0, 0.05) is 11.4 Å². The molecule has 0 fully saturated rings. The summed E-state index contributed by atoms with van der Waals surface area (Å²) in [7, 11) is 0. The molecule has 2 N–H and O–H groups in total. The molecule has 8 nitrogen and oxygen atoms in total. The molecule has 28 heavy (non-hydrogen) atoms. The fourth-order valence-corrected chi connectivity index (χ4v) is 2.67. The van der Waals surface area contributed by atoms with Gasteiger partial charge in [0.1, 0.15) is 12.1 Å². The van der Waals surface area contributed by atoms with E-state index in [0.29, 0.717) is 12.3 Å². The molecule has 0 aliphatic carbocycles. The third kappa shape index (κ3) is 4.35. The summed E-state index contributed by atoms with van der Waals surface area (Å²) in [5, 5.41) is 17.8. The van der Waals surface area contributed by atoms with Crippen molar-refractivity contribution in [1.29, 1.82) is 0 Å². The summed E-state index contributed by atoms with van der Waals surface area (Å²) in [6.45, 7) is 6.35. The van der Waals surface area contributed by atoms with E-state index in [1.54, 1.807) is 24.3 Å². The number of nitro groups is 1. The van der Waals surface area contributed by atoms with Gasteiger partial charge in [0.2, 0.25) is 11.6 Å². The van der Waals surface area contributed by atoms with Crippen molar-refractivity contribution in [2.75, 3.05) is 17.2 Å². The van der Waals surface area contributed by atoms with Gasteiger partial charge in [-0.25, -0.2) is 9.97 Å². The summed E-state index contributed by atoms with van der Waals surface area (Å²) >= 11 is 0. The van der Waals surface area contributed by atoms with Gasteiger partial charge >= 0.3 is 5.69 Å². The maximum atomic E-state index is 11.7. The van der Waals surface area contributed by atoms with Crippen molar-refractivity contribution in [1.82, 2.24) is 9.97 Å². The SMILES string of the molecule is CCOc1ccc(Nc2ncnc(Nc3cc(C)ccc3C)c2[N+](=O)[O-])cc1. The van der Waals surface area contributed by atoms with Crippen LogP contribution in [0.4, 0.5) is 28.7 Å². The summed E-state index contributed by atoms with van der Waals surface area (Å²) in [6.07, 6.45) is 1.29. The fraction of sp³-hybridized carbons (Fsp3) is 0.200. The topological polar surface area (TPSA) is 102 Å². The molecule has 0 saturated carbocycles. The first-order valence-corrected chi connectivity index (χ1v) is 8.81. The van der Waals surface area contributed by atoms with E-state index in [1.165, 1.54) is 6.33 Å². The summed E-state index contributed by atoms with van der Waals surface area (Å²) < 4.78 is 5.41. The molecule has 144 valence electrons. The van der Waals surface area contributed by atoms with E-state index in [0.717, 1.165) is 22.6 Å². The number of nitrogens with one attached hydrogen (secondary N) is 2. The average molecular weight is 379 g/mol. The normalized spacial score (nSPS) is 10.4. The van der Waals surface area contributed by atoms with Gasteiger partial charge < -0.3 is 15.4 Å². The van der Waals surface area contributed by atoms with E-state index in [1.807, 2.05) is 39.0 Å². The number of hydrogen-bond donors (Lipinski definition) is 2. The zero-order valence-electron chi connectivity index (χ0n) is 15.9. The van der Waals surface area contributed by atoms with Crippen LogP contribution >= 0.6 is 0 Å². The minimum atomic E-state index is -0.496. The van der Waals surface area contributed by atoms with Gasteiger partial charge in [0.15, 0.2) is 0 Å². The number of anilines is 4. The molecule has 0 radical (unpaired) electrons. The van der Waals surface area contributed by atoms with Gasteiger partial charge in [0.25, 0.3) is 0 Å². The summed E-state index contributed by atoms with van der Waals surface area (Å²) in [4.78, 5) is 19.4. The molecular formula is C20H21N5O3. The molecule has 0 saturated heterocycles. The molecule has 2 aromatic carbocycles. The minimum Gasteiger partial charge on any atom is -0.494 e. The zero-order valence-corrected chi connectivity index (χ0v) is 15.9. The predicted octanol–water partition coefficient (Wildman–Crippen LogP) is 4.89. The van der Waals surface area contributed by atoms with Crippen molar-refractivity contribution in [3.05, 3.63) is 70.0 Å². The quantitative estimate of drug-likeness (QED) is 0.445. The second kappa shape index (κ2) is 8.34. The largest absolute Gasteiger partial charge is 0.494 e. The Morgan fingerprint density at radius 2 is 1.71 bits per heavy atom. The van der Waals surface area contributed by atoms with Crippen LogP contribution in [0.25, 0.3) is 0 Å². The van der Waals surface area contributed by atoms with Crippen molar-refractivity contribution in [2.45, 2.75) is 20.8 Å². The van der Waals surface area contributed by atoms with E-state index < -0.39 is 4.92 Å². The molecule has 3 rings (SSSR count). The van der Waals surface area contributed by atoms with Gasteiger partial charge in [-0.05, 0) is 62.2 Å². The summed E-state index contributed by atoms with van der Waals surface area (Å²) in [6, 6.07) is 13.0. The third-order valence-corrected chi connectivity index (χ3v) is 4.08. The van der Waals surface area contributed by atoms with Crippen molar-refractivity contribution in [2.24, 2.45) is 0 Å². The first kappa shape index (κ1) is 19.1. The highest BCUT2D eigenvalue weighted by molar-refractivity contribution is 5.77. The smallest absolute Gasteiger partial charge is 0.353 e. The Balaban J connectivity index is 1.93. The Morgan fingerprint density at radius 1 is 1.04 bits per heavy atom. The second-order valence-electron chi connectivity index (χ2n) is 6.20. The summed E-state index contributed by atoms with van der Waals surface area (Å²) in [5.74, 6) is 0.960. The molecule has 0 spiro atoms. The Labute approximate surface area is 162 Å². The Bertz CT molecular complexity index is 990. The van der Waals surface area contributed by atoms with Crippen molar-refractivity contribution in [3.63, 3.8) is 0 Å². The second-order valence-corrected chi connectivity index (χ2v) is 6.20. The molecule has 0 aliphatic heterocycles. The van der Waals surface area contributed by atoms with Gasteiger partial charge in [-0.1, -0.05) is 12.1 Å². The number of hydrogen-bond acceptors (Lipinski definition) is 7. The van der Waals surface area contributed by atoms with Crippen LogP contribution in [0.1, 0.15) is 18.1 Å². The highest BCUT2D eigenvalue weighted by Crippen LogP contribution is 2.34. The van der Waals surface area contributed by atoms with Crippen LogP contribution in [0, 0.1) is 24.0 Å². The van der Waals surface area contributed by atoms with E-state index in [4.69, 9.17) is 4.74 Å². The molecule has 1 aromatic heterocycles. The van der Waals surface area contributed by atoms with Crippen LogP contribution in [-0.4, -0.2) is 21.5 Å². The Morgan fingerprint density at radius 3 is 2.36 bits per heavy atom. The molecule has 8 heteroatoms. The molecule has 3 aromatic rings. The Kier molecular flexibility index (Phi) is 5.69. The van der Waals surface area contributed by atoms with Crippen molar-refractivity contribution in [3.8, 4) is 5.75 Å². The van der Waals surface area contributed by atoms with Crippen molar-refractivity contribution < 1.29 is 9.66 Å². The molecule has 0 aliphatic rings. The monoisotopic (exact) mass is 379 g/mol.